The van der Waals surface area contributed by atoms with Gasteiger partial charge in [0.05, 0.1) is 0 Å². The van der Waals surface area contributed by atoms with E-state index in [1.165, 1.54) is 19.3 Å². The van der Waals surface area contributed by atoms with Gasteiger partial charge < -0.3 is 20.0 Å². The average Bonchev–Trinajstić information content (AvgIpc) is 2.77. The van der Waals surface area contributed by atoms with Crippen LogP contribution in [0.25, 0.3) is 0 Å². The Kier molecular flexibility index (Phi) is 6.04. The van der Waals surface area contributed by atoms with Crippen molar-refractivity contribution >= 4 is 35.0 Å². The summed E-state index contributed by atoms with van der Waals surface area (Å²) in [7, 11) is 0. The normalized spacial score (nSPS) is 17.4. The van der Waals surface area contributed by atoms with Crippen LogP contribution in [0.15, 0.2) is 30.3 Å². The van der Waals surface area contributed by atoms with Crippen molar-refractivity contribution in [3.8, 4) is 0 Å². The molecule has 1 N–H and O–H groups in total. The van der Waals surface area contributed by atoms with Crippen molar-refractivity contribution in [2.45, 2.75) is 26.2 Å². The van der Waals surface area contributed by atoms with Crippen molar-refractivity contribution in [1.82, 2.24) is 15.1 Å². The Morgan fingerprint density at radius 1 is 0.897 bits per heavy atom. The van der Waals surface area contributed by atoms with Gasteiger partial charge in [-0.05, 0) is 56.0 Å². The maximum Gasteiger partial charge on any atom is 0.321 e. The van der Waals surface area contributed by atoms with Crippen molar-refractivity contribution in [3.05, 3.63) is 40.9 Å². The molecule has 2 amide bonds. The molecule has 154 valence electrons. The smallest absolute Gasteiger partial charge is 0.321 e. The number of nitrogens with zero attached hydrogens (tertiary/aromatic N) is 5. The number of piperazine rings is 1. The molecule has 8 heteroatoms. The fourth-order valence-electron chi connectivity index (χ4n) is 3.79. The number of aryl methyl sites for hydroxylation is 1. The van der Waals surface area contributed by atoms with Crippen LogP contribution in [0.3, 0.4) is 0 Å². The molecule has 1 aromatic heterocycles. The lowest BCUT2D eigenvalue weighted by Gasteiger charge is -2.35. The molecule has 4 rings (SSSR count). The first kappa shape index (κ1) is 19.8. The van der Waals surface area contributed by atoms with E-state index >= 15 is 0 Å². The molecule has 0 bridgehead atoms. The number of carbonyl (C=O) groups is 1. The first-order valence-electron chi connectivity index (χ1n) is 10.3. The Morgan fingerprint density at radius 3 is 2.10 bits per heavy atom. The van der Waals surface area contributed by atoms with Crippen LogP contribution in [0.4, 0.5) is 22.1 Å². The van der Waals surface area contributed by atoms with Gasteiger partial charge in [0.2, 0.25) is 0 Å². The second-order valence-electron chi connectivity index (χ2n) is 7.67. The van der Waals surface area contributed by atoms with Crippen molar-refractivity contribution in [2.75, 3.05) is 54.4 Å². The van der Waals surface area contributed by atoms with Crippen LogP contribution in [0.1, 0.15) is 24.8 Å². The Balaban J connectivity index is 1.30. The van der Waals surface area contributed by atoms with E-state index < -0.39 is 0 Å². The summed E-state index contributed by atoms with van der Waals surface area (Å²) in [6, 6.07) is 9.56. The minimum atomic E-state index is -0.101. The average molecular weight is 415 g/mol. The zero-order valence-electron chi connectivity index (χ0n) is 16.8. The van der Waals surface area contributed by atoms with E-state index in [4.69, 9.17) is 11.6 Å². The van der Waals surface area contributed by atoms with E-state index in [-0.39, 0.29) is 6.03 Å². The summed E-state index contributed by atoms with van der Waals surface area (Å²) in [4.78, 5) is 18.9. The van der Waals surface area contributed by atoms with E-state index in [9.17, 15) is 4.79 Å². The third-order valence-corrected chi connectivity index (χ3v) is 6.04. The van der Waals surface area contributed by atoms with Gasteiger partial charge in [-0.25, -0.2) is 4.79 Å². The standard InChI is InChI=1S/C21H27ClN6O/c1-16-5-6-17(15-18(16)22)23-21(29)28-13-11-27(12-14-28)20-8-7-19(24-25-20)26-9-3-2-4-10-26/h5-8,15H,2-4,9-14H2,1H3,(H,23,29). The number of benzene rings is 1. The van der Waals surface area contributed by atoms with Crippen molar-refractivity contribution in [3.63, 3.8) is 0 Å². The molecular weight excluding hydrogens is 388 g/mol. The van der Waals surface area contributed by atoms with E-state index in [0.717, 1.165) is 43.4 Å². The van der Waals surface area contributed by atoms with E-state index in [1.807, 2.05) is 30.0 Å². The topological polar surface area (TPSA) is 64.6 Å². The molecule has 7 nitrogen and oxygen atoms in total. The summed E-state index contributed by atoms with van der Waals surface area (Å²) in [5.41, 5.74) is 1.71. The third kappa shape index (κ3) is 4.72. The van der Waals surface area contributed by atoms with E-state index in [0.29, 0.717) is 23.8 Å². The fraction of sp³-hybridized carbons (Fsp3) is 0.476. The van der Waals surface area contributed by atoms with Gasteiger partial charge in [-0.15, -0.1) is 10.2 Å². The Morgan fingerprint density at radius 2 is 1.52 bits per heavy atom. The summed E-state index contributed by atoms with van der Waals surface area (Å²) in [6.45, 7) is 6.82. The molecule has 2 saturated heterocycles. The Bertz CT molecular complexity index is 845. The number of nitrogens with one attached hydrogen (secondary N) is 1. The summed E-state index contributed by atoms with van der Waals surface area (Å²) in [5, 5.41) is 12.4. The van der Waals surface area contributed by atoms with Gasteiger partial charge in [0.1, 0.15) is 0 Å². The van der Waals surface area contributed by atoms with Crippen LogP contribution in [-0.2, 0) is 0 Å². The van der Waals surface area contributed by atoms with Gasteiger partial charge in [-0.3, -0.25) is 0 Å². The van der Waals surface area contributed by atoms with Crippen LogP contribution in [0, 0.1) is 6.92 Å². The lowest BCUT2D eigenvalue weighted by molar-refractivity contribution is 0.208. The minimum absolute atomic E-state index is 0.101. The fourth-order valence-corrected chi connectivity index (χ4v) is 3.97. The number of anilines is 3. The highest BCUT2D eigenvalue weighted by molar-refractivity contribution is 6.31. The highest BCUT2D eigenvalue weighted by Crippen LogP contribution is 2.22. The molecule has 2 aliphatic rings. The van der Waals surface area contributed by atoms with E-state index in [1.54, 1.807) is 6.07 Å². The van der Waals surface area contributed by atoms with Crippen molar-refractivity contribution < 1.29 is 4.79 Å². The molecule has 2 aliphatic heterocycles. The highest BCUT2D eigenvalue weighted by Gasteiger charge is 2.23. The van der Waals surface area contributed by atoms with Gasteiger partial charge in [0.25, 0.3) is 0 Å². The van der Waals surface area contributed by atoms with Gasteiger partial charge >= 0.3 is 6.03 Å². The number of hydrogen-bond acceptors (Lipinski definition) is 5. The molecule has 2 aromatic rings. The molecule has 0 atom stereocenters. The SMILES string of the molecule is Cc1ccc(NC(=O)N2CCN(c3ccc(N4CCCCC4)nn3)CC2)cc1Cl. The third-order valence-electron chi connectivity index (χ3n) is 5.63. The number of halogens is 1. The van der Waals surface area contributed by atoms with Crippen molar-refractivity contribution in [1.29, 1.82) is 0 Å². The summed E-state index contributed by atoms with van der Waals surface area (Å²) < 4.78 is 0. The lowest BCUT2D eigenvalue weighted by Crippen LogP contribution is -2.50. The molecule has 0 saturated carbocycles. The maximum absolute atomic E-state index is 12.5. The van der Waals surface area contributed by atoms with Gasteiger partial charge in [0, 0.05) is 50.0 Å². The number of carbonyl (C=O) groups excluding carboxylic acids is 1. The number of amides is 2. The van der Waals surface area contributed by atoms with Crippen LogP contribution in [0.5, 0.6) is 0 Å². The molecule has 0 unspecified atom stereocenters. The quantitative estimate of drug-likeness (QED) is 0.827. The first-order chi connectivity index (χ1) is 14.1. The number of rotatable bonds is 3. The predicted octanol–water partition coefficient (Wildman–Crippen LogP) is 3.78. The molecule has 29 heavy (non-hydrogen) atoms. The number of urea groups is 1. The molecular formula is C21H27ClN6O. The van der Waals surface area contributed by atoms with Crippen LogP contribution < -0.4 is 15.1 Å². The van der Waals surface area contributed by atoms with E-state index in [2.05, 4.69) is 31.4 Å². The maximum atomic E-state index is 12.5. The van der Waals surface area contributed by atoms with Gasteiger partial charge in [-0.2, -0.15) is 0 Å². The molecule has 0 spiro atoms. The minimum Gasteiger partial charge on any atom is -0.355 e. The molecule has 0 aliphatic carbocycles. The summed E-state index contributed by atoms with van der Waals surface area (Å²) in [5.74, 6) is 1.83. The predicted molar refractivity (Wildman–Crippen MR) is 117 cm³/mol. The number of piperidine rings is 1. The highest BCUT2D eigenvalue weighted by atomic mass is 35.5. The van der Waals surface area contributed by atoms with Crippen LogP contribution >= 0.6 is 11.6 Å². The summed E-state index contributed by atoms with van der Waals surface area (Å²) in [6.07, 6.45) is 3.75. The van der Waals surface area contributed by atoms with Crippen LogP contribution in [-0.4, -0.2) is 60.4 Å². The van der Waals surface area contributed by atoms with Crippen molar-refractivity contribution in [2.24, 2.45) is 0 Å². The lowest BCUT2D eigenvalue weighted by atomic mass is 10.1. The van der Waals surface area contributed by atoms with Gasteiger partial charge in [-0.1, -0.05) is 17.7 Å². The molecule has 2 fully saturated rings. The first-order valence-corrected chi connectivity index (χ1v) is 10.6. The zero-order valence-corrected chi connectivity index (χ0v) is 17.5. The molecule has 1 aromatic carbocycles. The second-order valence-corrected chi connectivity index (χ2v) is 8.07. The molecule has 0 radical (unpaired) electrons. The monoisotopic (exact) mass is 414 g/mol. The molecule has 3 heterocycles. The Hall–Kier alpha value is -2.54. The van der Waals surface area contributed by atoms with Gasteiger partial charge in [0.15, 0.2) is 11.6 Å². The zero-order chi connectivity index (χ0) is 20.2. The Labute approximate surface area is 176 Å². The largest absolute Gasteiger partial charge is 0.355 e. The van der Waals surface area contributed by atoms with Crippen LogP contribution in [0.2, 0.25) is 5.02 Å². The number of aromatic nitrogens is 2. The summed E-state index contributed by atoms with van der Waals surface area (Å²) >= 11 is 6.14. The second kappa shape index (κ2) is 8.86. The number of hydrogen-bond donors (Lipinski definition) is 1.